The van der Waals surface area contributed by atoms with E-state index in [4.69, 9.17) is 15.2 Å². The molecule has 0 amide bonds. The Morgan fingerprint density at radius 2 is 2.12 bits per heavy atom. The molecule has 1 spiro atoms. The number of aromatic amines is 1. The fourth-order valence-electron chi connectivity index (χ4n) is 5.62. The molecule has 0 bridgehead atoms. The van der Waals surface area contributed by atoms with E-state index in [1.165, 1.54) is 5.39 Å². The standard InChI is InChI=1S/C26H31N3O4/c1-16-13-22(32-2)20(19-7-10-28-24(16)19)15-29-11-9-26(23(27)8-12-33-26)14-21(29)17-3-5-18(6-4-17)25(30)31/h3-7,10,13,21,23,28H,8-9,11-12,14-15,27H2,1-2H3,(H,30,31)/t21-,23?,26?/m0/s1. The monoisotopic (exact) mass is 449 g/mol. The van der Waals surface area contributed by atoms with Crippen molar-refractivity contribution in [2.24, 2.45) is 5.73 Å². The number of rotatable bonds is 5. The highest BCUT2D eigenvalue weighted by Crippen LogP contribution is 2.45. The first-order valence-corrected chi connectivity index (χ1v) is 11.5. The maximum atomic E-state index is 11.4. The summed E-state index contributed by atoms with van der Waals surface area (Å²) < 4.78 is 12.0. The zero-order chi connectivity index (χ0) is 23.2. The number of methoxy groups -OCH3 is 1. The van der Waals surface area contributed by atoms with Gasteiger partial charge in [-0.2, -0.15) is 0 Å². The van der Waals surface area contributed by atoms with Crippen molar-refractivity contribution in [2.75, 3.05) is 20.3 Å². The van der Waals surface area contributed by atoms with Crippen molar-refractivity contribution in [3.8, 4) is 5.75 Å². The van der Waals surface area contributed by atoms with Gasteiger partial charge in [0.15, 0.2) is 0 Å². The molecule has 3 atom stereocenters. The van der Waals surface area contributed by atoms with Crippen molar-refractivity contribution >= 4 is 16.9 Å². The van der Waals surface area contributed by atoms with Gasteiger partial charge in [0.05, 0.1) is 18.3 Å². The fraction of sp³-hybridized carbons (Fsp3) is 0.423. The first kappa shape index (κ1) is 21.9. The van der Waals surface area contributed by atoms with Crippen molar-refractivity contribution < 1.29 is 19.4 Å². The summed E-state index contributed by atoms with van der Waals surface area (Å²) in [5.41, 5.74) is 11.0. The predicted octanol–water partition coefficient (Wildman–Crippen LogP) is 4.01. The molecular formula is C26H31N3O4. The minimum atomic E-state index is -0.918. The highest BCUT2D eigenvalue weighted by atomic mass is 16.5. The largest absolute Gasteiger partial charge is 0.496 e. The zero-order valence-electron chi connectivity index (χ0n) is 19.1. The number of nitrogens with two attached hydrogens (primary N) is 1. The van der Waals surface area contributed by atoms with Gasteiger partial charge in [0.1, 0.15) is 5.75 Å². The van der Waals surface area contributed by atoms with Crippen LogP contribution in [0.1, 0.15) is 52.4 Å². The highest BCUT2D eigenvalue weighted by Gasteiger charge is 2.48. The van der Waals surface area contributed by atoms with Crippen LogP contribution in [0.25, 0.3) is 10.9 Å². The summed E-state index contributed by atoms with van der Waals surface area (Å²) in [5, 5.41) is 10.5. The number of carboxylic acids is 1. The van der Waals surface area contributed by atoms with Gasteiger partial charge in [-0.05, 0) is 61.6 Å². The van der Waals surface area contributed by atoms with E-state index in [0.29, 0.717) is 18.7 Å². The number of carboxylic acid groups (broad SMARTS) is 1. The molecule has 0 aliphatic carbocycles. The molecule has 3 aromatic rings. The van der Waals surface area contributed by atoms with Crippen molar-refractivity contribution in [1.29, 1.82) is 0 Å². The number of H-pyrrole nitrogens is 1. The van der Waals surface area contributed by atoms with Crippen LogP contribution in [-0.2, 0) is 11.3 Å². The summed E-state index contributed by atoms with van der Waals surface area (Å²) in [7, 11) is 1.72. The van der Waals surface area contributed by atoms with Crippen molar-refractivity contribution in [3.05, 3.63) is 64.8 Å². The summed E-state index contributed by atoms with van der Waals surface area (Å²) in [6, 6.07) is 11.5. The van der Waals surface area contributed by atoms with E-state index in [-0.39, 0.29) is 17.7 Å². The smallest absolute Gasteiger partial charge is 0.335 e. The SMILES string of the molecule is COc1cc(C)c2[nH]ccc2c1CN1CCC2(C[C@H]1c1ccc(C(=O)O)cc1)OCCC2N. The Morgan fingerprint density at radius 1 is 1.33 bits per heavy atom. The second-order valence-electron chi connectivity index (χ2n) is 9.32. The molecule has 0 saturated carbocycles. The molecule has 2 unspecified atom stereocenters. The lowest BCUT2D eigenvalue weighted by atomic mass is 9.79. The summed E-state index contributed by atoms with van der Waals surface area (Å²) in [5.74, 6) is -0.0346. The number of benzene rings is 2. The minimum absolute atomic E-state index is 0.0192. The molecule has 4 N–H and O–H groups in total. The van der Waals surface area contributed by atoms with Gasteiger partial charge in [0, 0.05) is 54.4 Å². The molecule has 174 valence electrons. The normalized spacial score (nSPS) is 25.7. The molecular weight excluding hydrogens is 418 g/mol. The first-order valence-electron chi connectivity index (χ1n) is 11.5. The lowest BCUT2D eigenvalue weighted by molar-refractivity contribution is -0.0744. The number of aromatic nitrogens is 1. The Kier molecular flexibility index (Phi) is 5.64. The lowest BCUT2D eigenvalue weighted by Gasteiger charge is -2.46. The molecule has 33 heavy (non-hydrogen) atoms. The fourth-order valence-corrected chi connectivity index (χ4v) is 5.62. The molecule has 2 aromatic carbocycles. The number of nitrogens with one attached hydrogen (secondary N) is 1. The first-order chi connectivity index (χ1) is 15.9. The summed E-state index contributed by atoms with van der Waals surface area (Å²) in [4.78, 5) is 17.2. The number of aryl methyl sites for hydroxylation is 1. The average molecular weight is 450 g/mol. The Bertz CT molecular complexity index is 1170. The number of fused-ring (bicyclic) bond motifs is 1. The molecule has 2 fully saturated rings. The van der Waals surface area contributed by atoms with E-state index in [9.17, 15) is 9.90 Å². The van der Waals surface area contributed by atoms with E-state index >= 15 is 0 Å². The third-order valence-electron chi connectivity index (χ3n) is 7.53. The zero-order valence-corrected chi connectivity index (χ0v) is 19.1. The summed E-state index contributed by atoms with van der Waals surface area (Å²) in [6.45, 7) is 4.33. The Hall–Kier alpha value is -2.87. The van der Waals surface area contributed by atoms with Crippen LogP contribution in [0.5, 0.6) is 5.75 Å². The van der Waals surface area contributed by atoms with Crippen LogP contribution < -0.4 is 10.5 Å². The Labute approximate surface area is 193 Å². The van der Waals surface area contributed by atoms with E-state index < -0.39 is 5.97 Å². The molecule has 3 heterocycles. The number of nitrogens with zero attached hydrogens (tertiary/aromatic N) is 1. The molecule has 5 rings (SSSR count). The van der Waals surface area contributed by atoms with E-state index in [1.807, 2.05) is 18.3 Å². The van der Waals surface area contributed by atoms with Gasteiger partial charge in [-0.25, -0.2) is 4.79 Å². The molecule has 2 saturated heterocycles. The van der Waals surface area contributed by atoms with Crippen LogP contribution in [0.2, 0.25) is 0 Å². The van der Waals surface area contributed by atoms with Crippen LogP contribution >= 0.6 is 0 Å². The van der Waals surface area contributed by atoms with Crippen LogP contribution in [0, 0.1) is 6.92 Å². The summed E-state index contributed by atoms with van der Waals surface area (Å²) >= 11 is 0. The number of piperidine rings is 1. The third kappa shape index (κ3) is 3.80. The molecule has 7 nitrogen and oxygen atoms in total. The van der Waals surface area contributed by atoms with Crippen LogP contribution in [0.3, 0.4) is 0 Å². The quantitative estimate of drug-likeness (QED) is 0.544. The second kappa shape index (κ2) is 8.48. The third-order valence-corrected chi connectivity index (χ3v) is 7.53. The van der Waals surface area contributed by atoms with Gasteiger partial charge in [-0.15, -0.1) is 0 Å². The maximum Gasteiger partial charge on any atom is 0.335 e. The highest BCUT2D eigenvalue weighted by molar-refractivity contribution is 5.88. The van der Waals surface area contributed by atoms with Crippen LogP contribution in [0.4, 0.5) is 0 Å². The van der Waals surface area contributed by atoms with Gasteiger partial charge in [-0.3, -0.25) is 4.90 Å². The van der Waals surface area contributed by atoms with Gasteiger partial charge in [0.2, 0.25) is 0 Å². The lowest BCUT2D eigenvalue weighted by Crippen LogP contribution is -2.53. The van der Waals surface area contributed by atoms with Crippen molar-refractivity contribution in [3.63, 3.8) is 0 Å². The molecule has 7 heteroatoms. The minimum Gasteiger partial charge on any atom is -0.496 e. The molecule has 2 aliphatic heterocycles. The number of likely N-dealkylation sites (tertiary alicyclic amines) is 1. The average Bonchev–Trinajstić information content (AvgIpc) is 3.44. The second-order valence-corrected chi connectivity index (χ2v) is 9.32. The number of hydrogen-bond donors (Lipinski definition) is 3. The number of hydrogen-bond acceptors (Lipinski definition) is 5. The number of ether oxygens (including phenoxy) is 2. The molecule has 1 aromatic heterocycles. The molecule has 0 radical (unpaired) electrons. The van der Waals surface area contributed by atoms with Gasteiger partial charge in [0.25, 0.3) is 0 Å². The Balaban J connectivity index is 1.53. The predicted molar refractivity (Wildman–Crippen MR) is 127 cm³/mol. The Morgan fingerprint density at radius 3 is 2.79 bits per heavy atom. The molecule has 2 aliphatic rings. The van der Waals surface area contributed by atoms with Crippen LogP contribution in [-0.4, -0.2) is 52.9 Å². The van der Waals surface area contributed by atoms with E-state index in [2.05, 4.69) is 28.9 Å². The van der Waals surface area contributed by atoms with Crippen molar-refractivity contribution in [1.82, 2.24) is 9.88 Å². The number of aromatic carboxylic acids is 1. The van der Waals surface area contributed by atoms with Crippen molar-refractivity contribution in [2.45, 2.75) is 50.4 Å². The van der Waals surface area contributed by atoms with E-state index in [1.54, 1.807) is 19.2 Å². The van der Waals surface area contributed by atoms with Gasteiger partial charge >= 0.3 is 5.97 Å². The van der Waals surface area contributed by atoms with E-state index in [0.717, 1.165) is 53.8 Å². The van der Waals surface area contributed by atoms with Gasteiger partial charge in [-0.1, -0.05) is 12.1 Å². The maximum absolute atomic E-state index is 11.4. The summed E-state index contributed by atoms with van der Waals surface area (Å²) in [6.07, 6.45) is 4.51. The topological polar surface area (TPSA) is 101 Å². The number of carbonyl (C=O) groups is 1. The van der Waals surface area contributed by atoms with Crippen LogP contribution in [0.15, 0.2) is 42.6 Å². The van der Waals surface area contributed by atoms with Gasteiger partial charge < -0.3 is 25.3 Å².